The number of esters is 1. The fraction of sp³-hybridized carbons (Fsp3) is 0.700. The van der Waals surface area contributed by atoms with Gasteiger partial charge >= 0.3 is 5.97 Å². The highest BCUT2D eigenvalue weighted by molar-refractivity contribution is 5.68. The third kappa shape index (κ3) is 8.05. The van der Waals surface area contributed by atoms with Gasteiger partial charge in [-0.2, -0.15) is 0 Å². The fourth-order valence-corrected chi connectivity index (χ4v) is 5.82. The zero-order valence-corrected chi connectivity index (χ0v) is 21.6. The first kappa shape index (κ1) is 27.1. The molecular formula is C30H42O6. The monoisotopic (exact) mass is 498 g/mol. The number of methoxy groups -OCH3 is 1. The summed E-state index contributed by atoms with van der Waals surface area (Å²) in [7, 11) is 1.44. The van der Waals surface area contributed by atoms with Crippen LogP contribution in [0.4, 0.5) is 0 Å². The molecular weight excluding hydrogens is 456 g/mol. The predicted octanol–water partition coefficient (Wildman–Crippen LogP) is 4.67. The van der Waals surface area contributed by atoms with E-state index in [1.54, 1.807) is 0 Å². The number of carbonyl (C=O) groups is 1. The Labute approximate surface area is 216 Å². The predicted molar refractivity (Wildman–Crippen MR) is 137 cm³/mol. The first-order valence-corrected chi connectivity index (χ1v) is 13.8. The quantitative estimate of drug-likeness (QED) is 0.394. The molecule has 1 aromatic rings. The molecule has 2 unspecified atom stereocenters. The molecule has 7 atom stereocenters. The minimum absolute atomic E-state index is 0.0284. The molecule has 1 aliphatic carbocycles. The zero-order chi connectivity index (χ0) is 25.2. The van der Waals surface area contributed by atoms with Gasteiger partial charge < -0.3 is 24.1 Å². The maximum atomic E-state index is 11.5. The third-order valence-electron chi connectivity index (χ3n) is 7.91. The summed E-state index contributed by atoms with van der Waals surface area (Å²) >= 11 is 0. The van der Waals surface area contributed by atoms with Crippen molar-refractivity contribution in [3.8, 4) is 11.8 Å². The summed E-state index contributed by atoms with van der Waals surface area (Å²) in [6.07, 6.45) is 9.00. The van der Waals surface area contributed by atoms with Crippen LogP contribution in [0.3, 0.4) is 0 Å². The molecule has 3 fully saturated rings. The molecule has 6 nitrogen and oxygen atoms in total. The highest BCUT2D eigenvalue weighted by Gasteiger charge is 2.46. The summed E-state index contributed by atoms with van der Waals surface area (Å²) in [4.78, 5) is 11.5. The Bertz CT molecular complexity index is 855. The van der Waals surface area contributed by atoms with Gasteiger partial charge in [-0.05, 0) is 69.3 Å². The van der Waals surface area contributed by atoms with E-state index in [1.165, 1.54) is 12.7 Å². The van der Waals surface area contributed by atoms with Gasteiger partial charge in [-0.3, -0.25) is 4.79 Å². The van der Waals surface area contributed by atoms with E-state index in [1.807, 2.05) is 18.2 Å². The van der Waals surface area contributed by atoms with Crippen LogP contribution in [0.5, 0.6) is 0 Å². The van der Waals surface area contributed by atoms with E-state index in [2.05, 4.69) is 24.0 Å². The van der Waals surface area contributed by atoms with Gasteiger partial charge in [0.2, 0.25) is 0 Å². The van der Waals surface area contributed by atoms with Crippen LogP contribution in [0.25, 0.3) is 0 Å². The Morgan fingerprint density at radius 2 is 2.03 bits per heavy atom. The largest absolute Gasteiger partial charge is 0.469 e. The van der Waals surface area contributed by atoms with Crippen LogP contribution in [0.1, 0.15) is 69.8 Å². The summed E-state index contributed by atoms with van der Waals surface area (Å²) in [5, 5.41) is 10.6. The van der Waals surface area contributed by atoms with Crippen molar-refractivity contribution in [2.75, 3.05) is 20.3 Å². The zero-order valence-electron chi connectivity index (χ0n) is 21.6. The molecule has 0 amide bonds. The number of aliphatic hydroxyl groups excluding tert-OH is 1. The number of hydrogen-bond acceptors (Lipinski definition) is 6. The highest BCUT2D eigenvalue weighted by atomic mass is 16.7. The average molecular weight is 499 g/mol. The Hall–Kier alpha value is -1.91. The van der Waals surface area contributed by atoms with Crippen molar-refractivity contribution in [2.45, 2.75) is 95.2 Å². The average Bonchev–Trinajstić information content (AvgIpc) is 3.10. The Morgan fingerprint density at radius 3 is 2.81 bits per heavy atom. The fourth-order valence-electron chi connectivity index (χ4n) is 5.82. The van der Waals surface area contributed by atoms with Crippen molar-refractivity contribution >= 4 is 5.97 Å². The van der Waals surface area contributed by atoms with Gasteiger partial charge in [-0.1, -0.05) is 42.2 Å². The molecule has 2 heterocycles. The minimum Gasteiger partial charge on any atom is -0.469 e. The summed E-state index contributed by atoms with van der Waals surface area (Å²) < 4.78 is 23.5. The van der Waals surface area contributed by atoms with Crippen LogP contribution in [0.2, 0.25) is 0 Å². The van der Waals surface area contributed by atoms with Gasteiger partial charge in [0, 0.05) is 32.0 Å². The number of carbonyl (C=O) groups excluding carboxylic acids is 1. The van der Waals surface area contributed by atoms with E-state index < -0.39 is 6.10 Å². The Balaban J connectivity index is 1.37. The first-order valence-electron chi connectivity index (χ1n) is 13.8. The van der Waals surface area contributed by atoms with Gasteiger partial charge in [-0.25, -0.2) is 0 Å². The molecule has 3 aliphatic rings. The molecule has 0 bridgehead atoms. The lowest BCUT2D eigenvalue weighted by atomic mass is 9.86. The lowest BCUT2D eigenvalue weighted by Gasteiger charge is -2.28. The molecule has 6 heteroatoms. The Morgan fingerprint density at radius 1 is 1.17 bits per heavy atom. The van der Waals surface area contributed by atoms with Crippen molar-refractivity contribution in [1.82, 2.24) is 0 Å². The second kappa shape index (κ2) is 14.1. The van der Waals surface area contributed by atoms with Crippen LogP contribution in [-0.2, 0) is 30.2 Å². The first-order chi connectivity index (χ1) is 17.6. The SMILES string of the molecule is COC(=O)CCC[C@H]1CC[C@@H]2[C@@H](C#CC(O)CCc3ccccc3)[C@H](OC3CCCCO3)C[C@@H]2OC1. The maximum Gasteiger partial charge on any atom is 0.305 e. The molecule has 0 spiro atoms. The summed E-state index contributed by atoms with van der Waals surface area (Å²) in [5.41, 5.74) is 1.21. The number of fused-ring (bicyclic) bond motifs is 1. The van der Waals surface area contributed by atoms with Crippen LogP contribution >= 0.6 is 0 Å². The molecule has 2 aliphatic heterocycles. The van der Waals surface area contributed by atoms with E-state index >= 15 is 0 Å². The molecule has 2 saturated heterocycles. The normalized spacial score (nSPS) is 30.9. The van der Waals surface area contributed by atoms with Crippen LogP contribution in [-0.4, -0.2) is 56.0 Å². The van der Waals surface area contributed by atoms with Gasteiger partial charge in [0.05, 0.1) is 25.2 Å². The summed E-state index contributed by atoms with van der Waals surface area (Å²) in [6.45, 7) is 1.47. The maximum absolute atomic E-state index is 11.5. The second-order valence-electron chi connectivity index (χ2n) is 10.5. The molecule has 36 heavy (non-hydrogen) atoms. The number of rotatable bonds is 9. The van der Waals surface area contributed by atoms with Crippen molar-refractivity contribution in [1.29, 1.82) is 0 Å². The van der Waals surface area contributed by atoms with Gasteiger partial charge in [0.25, 0.3) is 0 Å². The lowest BCUT2D eigenvalue weighted by Crippen LogP contribution is -2.31. The number of aryl methyl sites for hydroxylation is 1. The molecule has 1 saturated carbocycles. The topological polar surface area (TPSA) is 74.2 Å². The molecule has 4 rings (SSSR count). The molecule has 0 radical (unpaired) electrons. The van der Waals surface area contributed by atoms with E-state index in [0.717, 1.165) is 71.0 Å². The van der Waals surface area contributed by atoms with Gasteiger partial charge in [0.15, 0.2) is 6.29 Å². The molecule has 198 valence electrons. The van der Waals surface area contributed by atoms with Crippen molar-refractivity contribution in [3.05, 3.63) is 35.9 Å². The summed E-state index contributed by atoms with van der Waals surface area (Å²) in [6, 6.07) is 10.2. The number of hydrogen-bond donors (Lipinski definition) is 1. The van der Waals surface area contributed by atoms with Crippen LogP contribution < -0.4 is 0 Å². The van der Waals surface area contributed by atoms with E-state index in [9.17, 15) is 9.90 Å². The van der Waals surface area contributed by atoms with Crippen molar-refractivity contribution < 1.29 is 28.8 Å². The number of benzene rings is 1. The molecule has 1 N–H and O–H groups in total. The van der Waals surface area contributed by atoms with E-state index in [-0.39, 0.29) is 36.3 Å². The number of ether oxygens (including phenoxy) is 4. The Kier molecular flexibility index (Phi) is 10.7. The standard InChI is InChI=1S/C30H42O6/c1-33-29(32)11-7-10-23-14-17-25-26(18-16-24(31)15-13-22-8-3-2-4-9-22)28(20-27(25)35-21-23)36-30-12-5-6-19-34-30/h2-4,8-9,23-28,30-31H,5-7,10-15,17,19-21H2,1H3/t23-,24?,25+,26+,27-,28+,30?/m0/s1. The summed E-state index contributed by atoms with van der Waals surface area (Å²) in [5.74, 6) is 7.22. The van der Waals surface area contributed by atoms with Crippen LogP contribution in [0, 0.1) is 29.6 Å². The van der Waals surface area contributed by atoms with E-state index in [4.69, 9.17) is 18.9 Å². The smallest absolute Gasteiger partial charge is 0.305 e. The minimum atomic E-state index is -0.659. The highest BCUT2D eigenvalue weighted by Crippen LogP contribution is 2.43. The third-order valence-corrected chi connectivity index (χ3v) is 7.91. The number of aliphatic hydroxyl groups is 1. The lowest BCUT2D eigenvalue weighted by molar-refractivity contribution is -0.193. The molecule has 0 aromatic heterocycles. The van der Waals surface area contributed by atoms with Crippen LogP contribution in [0.15, 0.2) is 30.3 Å². The van der Waals surface area contributed by atoms with Crippen molar-refractivity contribution in [2.24, 2.45) is 17.8 Å². The van der Waals surface area contributed by atoms with E-state index in [0.29, 0.717) is 18.8 Å². The van der Waals surface area contributed by atoms with Gasteiger partial charge in [-0.15, -0.1) is 0 Å². The van der Waals surface area contributed by atoms with Gasteiger partial charge in [0.1, 0.15) is 6.10 Å². The molecule has 1 aromatic carbocycles. The second-order valence-corrected chi connectivity index (χ2v) is 10.5. The van der Waals surface area contributed by atoms with Crippen molar-refractivity contribution in [3.63, 3.8) is 0 Å².